The molecule has 6 nitrogen and oxygen atoms in total. The number of nitrogens with one attached hydrogen (secondary N) is 2. The van der Waals surface area contributed by atoms with Crippen LogP contribution in [0.15, 0.2) is 12.1 Å². The molecule has 1 heterocycles. The molecule has 1 aromatic carbocycles. The van der Waals surface area contributed by atoms with E-state index in [9.17, 15) is 9.90 Å². The summed E-state index contributed by atoms with van der Waals surface area (Å²) < 4.78 is 5.22. The Balaban J connectivity index is 2.23. The van der Waals surface area contributed by atoms with Crippen molar-refractivity contribution in [3.8, 4) is 5.75 Å². The lowest BCUT2D eigenvalue weighted by atomic mass is 9.92. The van der Waals surface area contributed by atoms with Crippen LogP contribution in [0.1, 0.15) is 30.1 Å². The Morgan fingerprint density at radius 1 is 1.64 bits per heavy atom. The zero-order chi connectivity index (χ0) is 16.3. The number of carbonyl (C=O) groups is 1. The van der Waals surface area contributed by atoms with Crippen molar-refractivity contribution in [1.29, 1.82) is 0 Å². The molecule has 2 atom stereocenters. The molecule has 122 valence electrons. The summed E-state index contributed by atoms with van der Waals surface area (Å²) in [6, 6.07) is 3.05. The number of anilines is 1. The third-order valence-electron chi connectivity index (χ3n) is 4.21. The van der Waals surface area contributed by atoms with Crippen molar-refractivity contribution < 1.29 is 14.6 Å². The smallest absolute Gasteiger partial charge is 0.255 e. The number of carbonyl (C=O) groups excluding carboxylic acids is 1. The van der Waals surface area contributed by atoms with Crippen LogP contribution in [0, 0.1) is 0 Å². The fourth-order valence-electron chi connectivity index (χ4n) is 2.76. The maximum absolute atomic E-state index is 12.6. The van der Waals surface area contributed by atoms with Crippen LogP contribution in [0.5, 0.6) is 5.75 Å². The first-order chi connectivity index (χ1) is 10.4. The van der Waals surface area contributed by atoms with E-state index in [2.05, 4.69) is 10.6 Å². The number of halogens is 1. The minimum Gasteiger partial charge on any atom is -0.496 e. The second-order valence-electron chi connectivity index (χ2n) is 5.63. The number of amides is 1. The molecule has 1 aliphatic rings. The molecule has 0 unspecified atom stereocenters. The Morgan fingerprint density at radius 3 is 2.91 bits per heavy atom. The van der Waals surface area contributed by atoms with Gasteiger partial charge < -0.3 is 26.2 Å². The van der Waals surface area contributed by atoms with Gasteiger partial charge in [-0.25, -0.2) is 0 Å². The van der Waals surface area contributed by atoms with E-state index in [1.165, 1.54) is 13.2 Å². The van der Waals surface area contributed by atoms with Gasteiger partial charge in [-0.05, 0) is 18.9 Å². The third kappa shape index (κ3) is 3.29. The molecule has 1 saturated heterocycles. The molecule has 0 saturated carbocycles. The molecule has 0 bridgehead atoms. The van der Waals surface area contributed by atoms with Crippen molar-refractivity contribution >= 4 is 23.2 Å². The van der Waals surface area contributed by atoms with Gasteiger partial charge in [0.15, 0.2) is 0 Å². The molecular weight excluding hydrogens is 306 g/mol. The number of hydrogen-bond donors (Lipinski definition) is 4. The van der Waals surface area contributed by atoms with Crippen LogP contribution in [0.25, 0.3) is 0 Å². The first kappa shape index (κ1) is 16.9. The fourth-order valence-corrected chi connectivity index (χ4v) is 2.93. The molecule has 0 spiro atoms. The lowest BCUT2D eigenvalue weighted by Gasteiger charge is -2.29. The molecule has 0 radical (unpaired) electrons. The highest BCUT2D eigenvalue weighted by atomic mass is 35.5. The first-order valence-electron chi connectivity index (χ1n) is 7.24. The number of aliphatic hydroxyl groups excluding tert-OH is 1. The topological polar surface area (TPSA) is 96.6 Å². The summed E-state index contributed by atoms with van der Waals surface area (Å²) in [6.45, 7) is 2.68. The number of rotatable bonds is 5. The fraction of sp³-hybridized carbons (Fsp3) is 0.533. The maximum Gasteiger partial charge on any atom is 0.255 e. The van der Waals surface area contributed by atoms with E-state index in [4.69, 9.17) is 22.1 Å². The van der Waals surface area contributed by atoms with E-state index in [1.54, 1.807) is 6.07 Å². The molecule has 1 aromatic rings. The number of nitrogens with two attached hydrogens (primary N) is 1. The standard InChI is InChI=1S/C15H22ClN3O3/c1-3-15(6-9(7-20)18-8-15)19-14(21)10-4-11(16)12(17)5-13(10)22-2/h4-5,9,18,20H,3,6-8,17H2,1-2H3,(H,19,21)/t9-,15-/m0/s1. The highest BCUT2D eigenvalue weighted by molar-refractivity contribution is 6.33. The van der Waals surface area contributed by atoms with Gasteiger partial charge in [0.05, 0.1) is 35.5 Å². The third-order valence-corrected chi connectivity index (χ3v) is 4.53. The minimum atomic E-state index is -0.386. The van der Waals surface area contributed by atoms with Gasteiger partial charge in [0.2, 0.25) is 0 Å². The van der Waals surface area contributed by atoms with E-state index in [0.29, 0.717) is 35.0 Å². The first-order valence-corrected chi connectivity index (χ1v) is 7.62. The van der Waals surface area contributed by atoms with Crippen molar-refractivity contribution in [3.63, 3.8) is 0 Å². The largest absolute Gasteiger partial charge is 0.496 e. The van der Waals surface area contributed by atoms with Crippen molar-refractivity contribution in [2.75, 3.05) is 26.0 Å². The Morgan fingerprint density at radius 2 is 2.36 bits per heavy atom. The molecule has 1 amide bonds. The van der Waals surface area contributed by atoms with Crippen molar-refractivity contribution in [1.82, 2.24) is 10.6 Å². The SMILES string of the molecule is CC[C@@]1(NC(=O)c2cc(Cl)c(N)cc2OC)CN[C@H](CO)C1. The number of nitrogen functional groups attached to an aromatic ring is 1. The summed E-state index contributed by atoms with van der Waals surface area (Å²) in [6.07, 6.45) is 1.43. The van der Waals surface area contributed by atoms with Gasteiger partial charge in [-0.3, -0.25) is 4.79 Å². The number of benzene rings is 1. The summed E-state index contributed by atoms with van der Waals surface area (Å²) in [5.41, 5.74) is 6.06. The number of methoxy groups -OCH3 is 1. The summed E-state index contributed by atoms with van der Waals surface area (Å²) in [5, 5.41) is 15.8. The summed E-state index contributed by atoms with van der Waals surface area (Å²) >= 11 is 6.01. The van der Waals surface area contributed by atoms with E-state index in [-0.39, 0.29) is 24.1 Å². The monoisotopic (exact) mass is 327 g/mol. The molecule has 1 aliphatic heterocycles. The van der Waals surface area contributed by atoms with Crippen LogP contribution in [-0.4, -0.2) is 42.9 Å². The highest BCUT2D eigenvalue weighted by Gasteiger charge is 2.39. The van der Waals surface area contributed by atoms with Gasteiger partial charge in [0.25, 0.3) is 5.91 Å². The number of aliphatic hydroxyl groups is 1. The van der Waals surface area contributed by atoms with Gasteiger partial charge in [0.1, 0.15) is 5.75 Å². The van der Waals surface area contributed by atoms with Gasteiger partial charge >= 0.3 is 0 Å². The van der Waals surface area contributed by atoms with Gasteiger partial charge in [-0.15, -0.1) is 0 Å². The Labute approximate surface area is 135 Å². The molecule has 0 aliphatic carbocycles. The van der Waals surface area contributed by atoms with Gasteiger partial charge in [0, 0.05) is 18.7 Å². The zero-order valence-electron chi connectivity index (χ0n) is 12.8. The lowest BCUT2D eigenvalue weighted by Crippen LogP contribution is -2.49. The second-order valence-corrected chi connectivity index (χ2v) is 6.03. The predicted octanol–water partition coefficient (Wildman–Crippen LogP) is 1.16. The Kier molecular flexibility index (Phi) is 5.16. The van der Waals surface area contributed by atoms with E-state index in [1.807, 2.05) is 6.92 Å². The number of hydrogen-bond acceptors (Lipinski definition) is 5. The van der Waals surface area contributed by atoms with Crippen molar-refractivity contribution in [3.05, 3.63) is 22.7 Å². The molecule has 2 rings (SSSR count). The molecule has 1 fully saturated rings. The van der Waals surface area contributed by atoms with Crippen molar-refractivity contribution in [2.24, 2.45) is 0 Å². The van der Waals surface area contributed by atoms with Crippen LogP contribution in [0.2, 0.25) is 5.02 Å². The zero-order valence-corrected chi connectivity index (χ0v) is 13.5. The average Bonchev–Trinajstić information content (AvgIpc) is 2.93. The average molecular weight is 328 g/mol. The maximum atomic E-state index is 12.6. The van der Waals surface area contributed by atoms with Crippen LogP contribution < -0.4 is 21.1 Å². The van der Waals surface area contributed by atoms with Gasteiger partial charge in [-0.2, -0.15) is 0 Å². The Bertz CT molecular complexity index is 567. The molecule has 22 heavy (non-hydrogen) atoms. The van der Waals surface area contributed by atoms with Gasteiger partial charge in [-0.1, -0.05) is 18.5 Å². The summed E-state index contributed by atoms with van der Waals surface area (Å²) in [5.74, 6) is 0.122. The summed E-state index contributed by atoms with van der Waals surface area (Å²) in [4.78, 5) is 12.6. The quantitative estimate of drug-likeness (QED) is 0.609. The van der Waals surface area contributed by atoms with Crippen LogP contribution in [0.4, 0.5) is 5.69 Å². The molecular formula is C15H22ClN3O3. The summed E-state index contributed by atoms with van der Waals surface area (Å²) in [7, 11) is 1.48. The van der Waals surface area contributed by atoms with Crippen molar-refractivity contribution in [2.45, 2.75) is 31.3 Å². The lowest BCUT2D eigenvalue weighted by molar-refractivity contribution is 0.0897. The highest BCUT2D eigenvalue weighted by Crippen LogP contribution is 2.30. The van der Waals surface area contributed by atoms with Crippen LogP contribution in [0.3, 0.4) is 0 Å². The predicted molar refractivity (Wildman–Crippen MR) is 86.4 cm³/mol. The Hall–Kier alpha value is -1.50. The van der Waals surface area contributed by atoms with E-state index >= 15 is 0 Å². The molecule has 7 heteroatoms. The second kappa shape index (κ2) is 6.73. The normalized spacial score (nSPS) is 24.3. The molecule has 0 aromatic heterocycles. The molecule has 5 N–H and O–H groups in total. The van der Waals surface area contributed by atoms with Crippen LogP contribution in [-0.2, 0) is 0 Å². The van der Waals surface area contributed by atoms with E-state index in [0.717, 1.165) is 6.42 Å². The van der Waals surface area contributed by atoms with Crippen LogP contribution >= 0.6 is 11.6 Å². The minimum absolute atomic E-state index is 0.00264. The van der Waals surface area contributed by atoms with E-state index < -0.39 is 0 Å². The number of ether oxygens (including phenoxy) is 1.